The van der Waals surface area contributed by atoms with E-state index in [0.717, 1.165) is 11.3 Å². The van der Waals surface area contributed by atoms with Gasteiger partial charge in [-0.25, -0.2) is 4.68 Å². The first-order valence-corrected chi connectivity index (χ1v) is 8.12. The zero-order chi connectivity index (χ0) is 17.8. The van der Waals surface area contributed by atoms with Gasteiger partial charge in [0.05, 0.1) is 12.5 Å². The van der Waals surface area contributed by atoms with E-state index in [1.165, 1.54) is 5.56 Å². The van der Waals surface area contributed by atoms with E-state index < -0.39 is 6.10 Å². The molecule has 0 saturated carbocycles. The summed E-state index contributed by atoms with van der Waals surface area (Å²) in [5.74, 6) is 1.80. The largest absolute Gasteiger partial charge is 0.481 e. The number of amides is 1. The Morgan fingerprint density at radius 1 is 1.28 bits per heavy atom. The summed E-state index contributed by atoms with van der Waals surface area (Å²) in [5, 5.41) is 7.05. The fourth-order valence-electron chi connectivity index (χ4n) is 2.39. The van der Waals surface area contributed by atoms with Gasteiger partial charge in [0, 0.05) is 6.07 Å². The summed E-state index contributed by atoms with van der Waals surface area (Å²) in [6.07, 6.45) is 2.61. The van der Waals surface area contributed by atoms with Crippen LogP contribution in [0.1, 0.15) is 23.8 Å². The van der Waals surface area contributed by atoms with Crippen LogP contribution in [0.25, 0.3) is 0 Å². The van der Waals surface area contributed by atoms with Crippen LogP contribution in [0.15, 0.2) is 53.3 Å². The third-order valence-electron chi connectivity index (χ3n) is 4.01. The fourth-order valence-corrected chi connectivity index (χ4v) is 2.39. The minimum atomic E-state index is -0.630. The number of furan rings is 1. The molecular weight excluding hydrogens is 318 g/mol. The maximum atomic E-state index is 12.4. The van der Waals surface area contributed by atoms with Gasteiger partial charge in [-0.3, -0.25) is 4.79 Å². The molecule has 1 amide bonds. The quantitative estimate of drug-likeness (QED) is 0.746. The summed E-state index contributed by atoms with van der Waals surface area (Å²) in [6.45, 7) is 6.22. The van der Waals surface area contributed by atoms with E-state index in [0.29, 0.717) is 18.1 Å². The maximum absolute atomic E-state index is 12.4. The standard InChI is InChI=1S/C19H21N3O3/c1-13-6-7-16(11-14(13)2)25-15(3)19(23)21-18-8-9-20-22(18)12-17-5-4-10-24-17/h4-11,15H,12H2,1-3H3,(H,21,23)/t15-/m1/s1. The molecule has 1 atom stereocenters. The van der Waals surface area contributed by atoms with E-state index in [4.69, 9.17) is 9.15 Å². The van der Waals surface area contributed by atoms with Gasteiger partial charge in [-0.2, -0.15) is 5.10 Å². The Kier molecular flexibility index (Phi) is 4.88. The van der Waals surface area contributed by atoms with Crippen LogP contribution < -0.4 is 10.1 Å². The number of ether oxygens (including phenoxy) is 1. The van der Waals surface area contributed by atoms with Crippen molar-refractivity contribution < 1.29 is 13.9 Å². The van der Waals surface area contributed by atoms with Crippen molar-refractivity contribution in [1.82, 2.24) is 9.78 Å². The van der Waals surface area contributed by atoms with Crippen LogP contribution >= 0.6 is 0 Å². The second-order valence-corrected chi connectivity index (χ2v) is 5.95. The van der Waals surface area contributed by atoms with Crippen molar-refractivity contribution in [3.05, 3.63) is 65.7 Å². The Hall–Kier alpha value is -3.02. The van der Waals surface area contributed by atoms with Crippen molar-refractivity contribution in [3.63, 3.8) is 0 Å². The van der Waals surface area contributed by atoms with Gasteiger partial charge in [-0.05, 0) is 56.2 Å². The number of nitrogens with one attached hydrogen (secondary N) is 1. The van der Waals surface area contributed by atoms with E-state index in [1.54, 1.807) is 30.1 Å². The number of hydrogen-bond acceptors (Lipinski definition) is 4. The molecule has 6 heteroatoms. The van der Waals surface area contributed by atoms with Crippen LogP contribution in [-0.2, 0) is 11.3 Å². The summed E-state index contributed by atoms with van der Waals surface area (Å²) >= 11 is 0. The minimum Gasteiger partial charge on any atom is -0.481 e. The summed E-state index contributed by atoms with van der Waals surface area (Å²) in [5.41, 5.74) is 2.31. The van der Waals surface area contributed by atoms with Gasteiger partial charge < -0.3 is 14.5 Å². The molecule has 0 aliphatic carbocycles. The maximum Gasteiger partial charge on any atom is 0.266 e. The molecule has 0 radical (unpaired) electrons. The lowest BCUT2D eigenvalue weighted by atomic mass is 10.1. The summed E-state index contributed by atoms with van der Waals surface area (Å²) in [4.78, 5) is 12.4. The number of carbonyl (C=O) groups excluding carboxylic acids is 1. The smallest absolute Gasteiger partial charge is 0.266 e. The number of rotatable bonds is 6. The van der Waals surface area contributed by atoms with Crippen LogP contribution in [0.5, 0.6) is 5.75 Å². The zero-order valence-electron chi connectivity index (χ0n) is 14.5. The van der Waals surface area contributed by atoms with Gasteiger partial charge in [0.2, 0.25) is 0 Å². The van der Waals surface area contributed by atoms with Gasteiger partial charge in [0.15, 0.2) is 6.10 Å². The SMILES string of the molecule is Cc1ccc(O[C@H](C)C(=O)Nc2ccnn2Cc2ccco2)cc1C. The fraction of sp³-hybridized carbons (Fsp3) is 0.263. The molecule has 25 heavy (non-hydrogen) atoms. The van der Waals surface area contributed by atoms with Gasteiger partial charge in [-0.15, -0.1) is 0 Å². The zero-order valence-corrected chi connectivity index (χ0v) is 14.5. The van der Waals surface area contributed by atoms with Gasteiger partial charge in [0.1, 0.15) is 23.9 Å². The number of carbonyl (C=O) groups is 1. The first-order valence-electron chi connectivity index (χ1n) is 8.12. The minimum absolute atomic E-state index is 0.237. The Bertz CT molecular complexity index is 853. The molecule has 0 bridgehead atoms. The van der Waals surface area contributed by atoms with E-state index >= 15 is 0 Å². The Balaban J connectivity index is 1.63. The molecule has 0 fully saturated rings. The third-order valence-corrected chi connectivity index (χ3v) is 4.01. The number of hydrogen-bond donors (Lipinski definition) is 1. The van der Waals surface area contributed by atoms with Crippen molar-refractivity contribution >= 4 is 11.7 Å². The molecule has 6 nitrogen and oxygen atoms in total. The highest BCUT2D eigenvalue weighted by atomic mass is 16.5. The van der Waals surface area contributed by atoms with Crippen molar-refractivity contribution in [1.29, 1.82) is 0 Å². The first-order chi connectivity index (χ1) is 12.0. The Morgan fingerprint density at radius 2 is 2.12 bits per heavy atom. The van der Waals surface area contributed by atoms with E-state index in [9.17, 15) is 4.79 Å². The molecule has 2 heterocycles. The van der Waals surface area contributed by atoms with Gasteiger partial charge in [-0.1, -0.05) is 6.07 Å². The lowest BCUT2D eigenvalue weighted by Crippen LogP contribution is -2.31. The summed E-state index contributed by atoms with van der Waals surface area (Å²) in [7, 11) is 0. The van der Waals surface area contributed by atoms with Crippen LogP contribution in [0.2, 0.25) is 0 Å². The van der Waals surface area contributed by atoms with Crippen LogP contribution in [0.4, 0.5) is 5.82 Å². The molecular formula is C19H21N3O3. The molecule has 0 aliphatic heterocycles. The predicted octanol–water partition coefficient (Wildman–Crippen LogP) is 3.55. The average molecular weight is 339 g/mol. The lowest BCUT2D eigenvalue weighted by Gasteiger charge is -2.16. The lowest BCUT2D eigenvalue weighted by molar-refractivity contribution is -0.122. The topological polar surface area (TPSA) is 69.3 Å². The number of aromatic nitrogens is 2. The first kappa shape index (κ1) is 16.8. The Labute approximate surface area is 146 Å². The van der Waals surface area contributed by atoms with Crippen LogP contribution in [0.3, 0.4) is 0 Å². The van der Waals surface area contributed by atoms with Crippen molar-refractivity contribution in [3.8, 4) is 5.75 Å². The molecule has 1 aromatic carbocycles. The second-order valence-electron chi connectivity index (χ2n) is 5.95. The van der Waals surface area contributed by atoms with E-state index in [2.05, 4.69) is 10.4 Å². The normalized spacial score (nSPS) is 12.0. The highest BCUT2D eigenvalue weighted by Crippen LogP contribution is 2.18. The highest BCUT2D eigenvalue weighted by Gasteiger charge is 2.17. The van der Waals surface area contributed by atoms with Crippen molar-refractivity contribution in [2.45, 2.75) is 33.4 Å². The Morgan fingerprint density at radius 3 is 2.84 bits per heavy atom. The number of benzene rings is 1. The molecule has 0 unspecified atom stereocenters. The monoisotopic (exact) mass is 339 g/mol. The predicted molar refractivity (Wildman–Crippen MR) is 94.7 cm³/mol. The molecule has 1 N–H and O–H groups in total. The molecule has 0 spiro atoms. The third kappa shape index (κ3) is 4.09. The number of anilines is 1. The number of aryl methyl sites for hydroxylation is 2. The van der Waals surface area contributed by atoms with Crippen molar-refractivity contribution in [2.75, 3.05) is 5.32 Å². The van der Waals surface area contributed by atoms with Crippen LogP contribution in [0, 0.1) is 13.8 Å². The molecule has 3 aromatic rings. The highest BCUT2D eigenvalue weighted by molar-refractivity contribution is 5.93. The summed E-state index contributed by atoms with van der Waals surface area (Å²) in [6, 6.07) is 11.2. The average Bonchev–Trinajstić information content (AvgIpc) is 3.24. The van der Waals surface area contributed by atoms with E-state index in [1.807, 2.05) is 44.2 Å². The van der Waals surface area contributed by atoms with Crippen LogP contribution in [-0.4, -0.2) is 21.8 Å². The molecule has 130 valence electrons. The molecule has 0 saturated heterocycles. The summed E-state index contributed by atoms with van der Waals surface area (Å²) < 4.78 is 12.7. The second kappa shape index (κ2) is 7.25. The van der Waals surface area contributed by atoms with Gasteiger partial charge in [0.25, 0.3) is 5.91 Å². The molecule has 3 rings (SSSR count). The van der Waals surface area contributed by atoms with E-state index in [-0.39, 0.29) is 5.91 Å². The van der Waals surface area contributed by atoms with Crippen molar-refractivity contribution in [2.24, 2.45) is 0 Å². The number of nitrogens with zero attached hydrogens (tertiary/aromatic N) is 2. The van der Waals surface area contributed by atoms with Gasteiger partial charge >= 0.3 is 0 Å². The molecule has 0 aliphatic rings. The molecule has 2 aromatic heterocycles.